The van der Waals surface area contributed by atoms with E-state index in [0.717, 1.165) is 11.4 Å². The first-order valence-electron chi connectivity index (χ1n) is 4.40. The van der Waals surface area contributed by atoms with Gasteiger partial charge in [0, 0.05) is 0 Å². The third kappa shape index (κ3) is 0.878. The molecule has 2 aromatic rings. The maximum absolute atomic E-state index is 13.5. The van der Waals surface area contributed by atoms with Crippen molar-refractivity contribution in [1.29, 1.82) is 0 Å². The monoisotopic (exact) mass is 189 g/mol. The van der Waals surface area contributed by atoms with Gasteiger partial charge in [-0.05, 0) is 12.1 Å². The molecular formula is C10H8FN3. The fourth-order valence-corrected chi connectivity index (χ4v) is 1.74. The van der Waals surface area contributed by atoms with Crippen molar-refractivity contribution in [2.45, 2.75) is 6.54 Å². The molecule has 0 amide bonds. The van der Waals surface area contributed by atoms with E-state index in [-0.39, 0.29) is 5.82 Å². The number of aromatic nitrogens is 2. The van der Waals surface area contributed by atoms with Crippen LogP contribution in [0.15, 0.2) is 30.7 Å². The molecule has 0 radical (unpaired) electrons. The normalized spacial score (nSPS) is 12.9. The van der Waals surface area contributed by atoms with E-state index in [4.69, 9.17) is 0 Å². The Bertz CT molecular complexity index is 490. The Morgan fingerprint density at radius 3 is 3.29 bits per heavy atom. The summed E-state index contributed by atoms with van der Waals surface area (Å²) in [7, 11) is 0. The van der Waals surface area contributed by atoms with Gasteiger partial charge in [-0.25, -0.2) is 9.37 Å². The molecule has 3 nitrogen and oxygen atoms in total. The standard InChI is InChI=1S/C10H8FN3/c11-8-2-1-3-9-10(8)14-6-12-4-7(14)5-13-9/h1-4,6,13H,5H2. The number of imidazole rings is 1. The molecule has 0 saturated carbocycles. The fourth-order valence-electron chi connectivity index (χ4n) is 1.74. The van der Waals surface area contributed by atoms with Gasteiger partial charge in [-0.2, -0.15) is 0 Å². The number of halogens is 1. The molecule has 0 saturated heterocycles. The highest BCUT2D eigenvalue weighted by molar-refractivity contribution is 5.64. The van der Waals surface area contributed by atoms with E-state index in [0.29, 0.717) is 12.2 Å². The number of fused-ring (bicyclic) bond motifs is 3. The van der Waals surface area contributed by atoms with Gasteiger partial charge in [-0.15, -0.1) is 0 Å². The molecule has 14 heavy (non-hydrogen) atoms. The lowest BCUT2D eigenvalue weighted by Crippen LogP contribution is -2.15. The Labute approximate surface area is 80.2 Å². The maximum atomic E-state index is 13.5. The molecule has 1 aromatic carbocycles. The van der Waals surface area contributed by atoms with Crippen LogP contribution in [-0.4, -0.2) is 9.55 Å². The average Bonchev–Trinajstić information content (AvgIpc) is 2.65. The van der Waals surface area contributed by atoms with Crippen LogP contribution in [-0.2, 0) is 6.54 Å². The van der Waals surface area contributed by atoms with E-state index in [1.165, 1.54) is 6.07 Å². The summed E-state index contributed by atoms with van der Waals surface area (Å²) in [5.74, 6) is -0.228. The summed E-state index contributed by atoms with van der Waals surface area (Å²) in [5.41, 5.74) is 2.35. The van der Waals surface area contributed by atoms with Crippen molar-refractivity contribution in [3.63, 3.8) is 0 Å². The van der Waals surface area contributed by atoms with Crippen molar-refractivity contribution in [2.75, 3.05) is 5.32 Å². The van der Waals surface area contributed by atoms with Gasteiger partial charge in [0.05, 0.1) is 30.5 Å². The average molecular weight is 189 g/mol. The van der Waals surface area contributed by atoms with Crippen molar-refractivity contribution >= 4 is 5.69 Å². The highest BCUT2D eigenvalue weighted by Crippen LogP contribution is 2.28. The summed E-state index contributed by atoms with van der Waals surface area (Å²) in [6.45, 7) is 0.691. The predicted octanol–water partition coefficient (Wildman–Crippen LogP) is 1.94. The van der Waals surface area contributed by atoms with Crippen LogP contribution in [0.5, 0.6) is 0 Å². The third-order valence-corrected chi connectivity index (χ3v) is 2.40. The molecule has 1 N–H and O–H groups in total. The largest absolute Gasteiger partial charge is 0.378 e. The van der Waals surface area contributed by atoms with Crippen LogP contribution in [0.1, 0.15) is 5.69 Å². The second-order valence-corrected chi connectivity index (χ2v) is 3.24. The molecule has 1 aliphatic rings. The summed E-state index contributed by atoms with van der Waals surface area (Å²) in [6.07, 6.45) is 3.38. The maximum Gasteiger partial charge on any atom is 0.149 e. The van der Waals surface area contributed by atoms with Crippen LogP contribution in [0.25, 0.3) is 5.69 Å². The Morgan fingerprint density at radius 1 is 1.43 bits per heavy atom. The molecule has 0 spiro atoms. The van der Waals surface area contributed by atoms with Crippen LogP contribution in [0, 0.1) is 5.82 Å². The zero-order valence-electron chi connectivity index (χ0n) is 7.37. The summed E-state index contributed by atoms with van der Waals surface area (Å²) in [5, 5.41) is 3.14. The van der Waals surface area contributed by atoms with Gasteiger partial charge in [0.2, 0.25) is 0 Å². The van der Waals surface area contributed by atoms with E-state index >= 15 is 0 Å². The van der Waals surface area contributed by atoms with Crippen molar-refractivity contribution in [1.82, 2.24) is 9.55 Å². The number of anilines is 1. The van der Waals surface area contributed by atoms with Crippen LogP contribution < -0.4 is 5.32 Å². The van der Waals surface area contributed by atoms with E-state index in [1.54, 1.807) is 23.2 Å². The van der Waals surface area contributed by atoms with Crippen LogP contribution in [0.2, 0.25) is 0 Å². The summed E-state index contributed by atoms with van der Waals surface area (Å²) in [6, 6.07) is 5.01. The second kappa shape index (κ2) is 2.57. The lowest BCUT2D eigenvalue weighted by Gasteiger charge is -2.20. The van der Waals surface area contributed by atoms with Crippen molar-refractivity contribution in [3.05, 3.63) is 42.2 Å². The number of nitrogens with zero attached hydrogens (tertiary/aromatic N) is 2. The van der Waals surface area contributed by atoms with Crippen molar-refractivity contribution in [2.24, 2.45) is 0 Å². The lowest BCUT2D eigenvalue weighted by molar-refractivity contribution is 0.614. The van der Waals surface area contributed by atoms with Crippen molar-refractivity contribution < 1.29 is 4.39 Å². The first-order chi connectivity index (χ1) is 6.86. The molecule has 1 aliphatic heterocycles. The zero-order valence-corrected chi connectivity index (χ0v) is 7.37. The Morgan fingerprint density at radius 2 is 2.36 bits per heavy atom. The summed E-state index contributed by atoms with van der Waals surface area (Å²) in [4.78, 5) is 4.00. The predicted molar refractivity (Wildman–Crippen MR) is 50.8 cm³/mol. The molecule has 2 heterocycles. The number of nitrogens with one attached hydrogen (secondary N) is 1. The molecule has 1 aromatic heterocycles. The Balaban J connectivity index is 2.34. The van der Waals surface area contributed by atoms with Gasteiger partial charge >= 0.3 is 0 Å². The zero-order chi connectivity index (χ0) is 9.54. The molecule has 0 bridgehead atoms. The second-order valence-electron chi connectivity index (χ2n) is 3.24. The Kier molecular flexibility index (Phi) is 1.39. The van der Waals surface area contributed by atoms with Crippen molar-refractivity contribution in [3.8, 4) is 5.69 Å². The molecule has 0 atom stereocenters. The molecule has 70 valence electrons. The van der Waals surface area contributed by atoms with Crippen LogP contribution in [0.3, 0.4) is 0 Å². The SMILES string of the molecule is Fc1cccc2c1-n1cncc1CN2. The number of hydrogen-bond donors (Lipinski definition) is 1. The van der Waals surface area contributed by atoms with Crippen LogP contribution in [0.4, 0.5) is 10.1 Å². The topological polar surface area (TPSA) is 29.9 Å². The first kappa shape index (κ1) is 7.55. The molecule has 0 fully saturated rings. The minimum Gasteiger partial charge on any atom is -0.378 e. The Hall–Kier alpha value is -1.84. The van der Waals surface area contributed by atoms with E-state index in [2.05, 4.69) is 10.3 Å². The first-order valence-corrected chi connectivity index (χ1v) is 4.40. The van der Waals surface area contributed by atoms with Gasteiger partial charge in [-0.1, -0.05) is 6.07 Å². The summed E-state index contributed by atoms with van der Waals surface area (Å²) < 4.78 is 15.3. The lowest BCUT2D eigenvalue weighted by atomic mass is 10.2. The quantitative estimate of drug-likeness (QED) is 0.686. The molecule has 4 heteroatoms. The number of benzene rings is 1. The highest BCUT2D eigenvalue weighted by atomic mass is 19.1. The van der Waals surface area contributed by atoms with E-state index < -0.39 is 0 Å². The number of rotatable bonds is 0. The minimum absolute atomic E-state index is 0.228. The fraction of sp³-hybridized carbons (Fsp3) is 0.100. The molecule has 3 rings (SSSR count). The molecule has 0 unspecified atom stereocenters. The number of hydrogen-bond acceptors (Lipinski definition) is 2. The van der Waals surface area contributed by atoms with Gasteiger partial charge < -0.3 is 5.32 Å². The van der Waals surface area contributed by atoms with Gasteiger partial charge in [0.25, 0.3) is 0 Å². The van der Waals surface area contributed by atoms with Crippen LogP contribution >= 0.6 is 0 Å². The van der Waals surface area contributed by atoms with E-state index in [9.17, 15) is 4.39 Å². The van der Waals surface area contributed by atoms with Gasteiger partial charge in [0.1, 0.15) is 11.5 Å². The third-order valence-electron chi connectivity index (χ3n) is 2.40. The minimum atomic E-state index is -0.228. The summed E-state index contributed by atoms with van der Waals surface area (Å²) >= 11 is 0. The molecular weight excluding hydrogens is 181 g/mol. The van der Waals surface area contributed by atoms with E-state index in [1.807, 2.05) is 6.07 Å². The van der Waals surface area contributed by atoms with Gasteiger partial charge in [0.15, 0.2) is 0 Å². The molecule has 0 aliphatic carbocycles. The number of para-hydroxylation sites is 1. The van der Waals surface area contributed by atoms with Gasteiger partial charge in [-0.3, -0.25) is 4.57 Å². The smallest absolute Gasteiger partial charge is 0.149 e. The highest BCUT2D eigenvalue weighted by Gasteiger charge is 2.17.